The van der Waals surface area contributed by atoms with Gasteiger partial charge in [0.05, 0.1) is 5.69 Å². The van der Waals surface area contributed by atoms with Crippen molar-refractivity contribution in [3.05, 3.63) is 40.7 Å². The van der Waals surface area contributed by atoms with Gasteiger partial charge in [0.2, 0.25) is 5.95 Å². The van der Waals surface area contributed by atoms with Gasteiger partial charge in [0.15, 0.2) is 0 Å². The molecule has 2 aromatic rings. The second-order valence-corrected chi connectivity index (χ2v) is 5.24. The van der Waals surface area contributed by atoms with E-state index in [9.17, 15) is 0 Å². The van der Waals surface area contributed by atoms with Crippen LogP contribution < -0.4 is 5.32 Å². The fraction of sp³-hybridized carbons (Fsp3) is 0.400. The standard InChI is InChI=1S/C15H20ClN3O/c1-11-5-6-13(9-14(11)16)18-15-17-12(2)10-19(15)7-4-8-20-3/h5-6,9-10H,4,7-8H2,1-3H3,(H,17,18). The van der Waals surface area contributed by atoms with Crippen molar-refractivity contribution in [3.8, 4) is 0 Å². The lowest BCUT2D eigenvalue weighted by Crippen LogP contribution is -2.05. The first-order valence-electron chi connectivity index (χ1n) is 6.66. The molecule has 0 aliphatic rings. The molecular formula is C15H20ClN3O. The Morgan fingerprint density at radius 2 is 2.15 bits per heavy atom. The van der Waals surface area contributed by atoms with Gasteiger partial charge in [-0.2, -0.15) is 0 Å². The average Bonchev–Trinajstić information content (AvgIpc) is 2.74. The molecule has 4 nitrogen and oxygen atoms in total. The molecule has 108 valence electrons. The highest BCUT2D eigenvalue weighted by Crippen LogP contribution is 2.23. The Morgan fingerprint density at radius 3 is 2.85 bits per heavy atom. The van der Waals surface area contributed by atoms with Gasteiger partial charge < -0.3 is 14.6 Å². The Labute approximate surface area is 124 Å². The van der Waals surface area contributed by atoms with Crippen LogP contribution in [-0.4, -0.2) is 23.3 Å². The highest BCUT2D eigenvalue weighted by atomic mass is 35.5. The molecule has 0 radical (unpaired) electrons. The van der Waals surface area contributed by atoms with E-state index < -0.39 is 0 Å². The van der Waals surface area contributed by atoms with Gasteiger partial charge in [-0.05, 0) is 38.0 Å². The molecule has 1 aromatic carbocycles. The van der Waals surface area contributed by atoms with Crippen molar-refractivity contribution in [3.63, 3.8) is 0 Å². The summed E-state index contributed by atoms with van der Waals surface area (Å²) >= 11 is 6.14. The number of ether oxygens (including phenoxy) is 1. The van der Waals surface area contributed by atoms with Gasteiger partial charge >= 0.3 is 0 Å². The van der Waals surface area contributed by atoms with Crippen LogP contribution >= 0.6 is 11.6 Å². The summed E-state index contributed by atoms with van der Waals surface area (Å²) in [5.41, 5.74) is 3.00. The fourth-order valence-corrected chi connectivity index (χ4v) is 2.18. The van der Waals surface area contributed by atoms with Gasteiger partial charge in [-0.3, -0.25) is 0 Å². The second kappa shape index (κ2) is 6.77. The third-order valence-electron chi connectivity index (χ3n) is 3.07. The van der Waals surface area contributed by atoms with Crippen LogP contribution in [0.25, 0.3) is 0 Å². The summed E-state index contributed by atoms with van der Waals surface area (Å²) in [5.74, 6) is 0.832. The Kier molecular flexibility index (Phi) is 5.04. The monoisotopic (exact) mass is 293 g/mol. The van der Waals surface area contributed by atoms with E-state index in [-0.39, 0.29) is 0 Å². The smallest absolute Gasteiger partial charge is 0.207 e. The highest BCUT2D eigenvalue weighted by molar-refractivity contribution is 6.31. The lowest BCUT2D eigenvalue weighted by molar-refractivity contribution is 0.190. The predicted octanol–water partition coefficient (Wildman–Crippen LogP) is 3.93. The molecule has 1 N–H and O–H groups in total. The van der Waals surface area contributed by atoms with Crippen LogP contribution in [0.2, 0.25) is 5.02 Å². The van der Waals surface area contributed by atoms with Crippen molar-refractivity contribution in [2.45, 2.75) is 26.8 Å². The number of nitrogens with zero attached hydrogens (tertiary/aromatic N) is 2. The number of hydrogen-bond donors (Lipinski definition) is 1. The summed E-state index contributed by atoms with van der Waals surface area (Å²) in [6.07, 6.45) is 2.99. The fourth-order valence-electron chi connectivity index (χ4n) is 2.00. The Balaban J connectivity index is 2.13. The second-order valence-electron chi connectivity index (χ2n) is 4.83. The van der Waals surface area contributed by atoms with E-state index in [0.29, 0.717) is 0 Å². The van der Waals surface area contributed by atoms with Crippen molar-refractivity contribution in [2.24, 2.45) is 0 Å². The Morgan fingerprint density at radius 1 is 1.35 bits per heavy atom. The zero-order valence-corrected chi connectivity index (χ0v) is 12.9. The van der Waals surface area contributed by atoms with Crippen molar-refractivity contribution >= 4 is 23.2 Å². The maximum atomic E-state index is 6.14. The number of aromatic nitrogens is 2. The van der Waals surface area contributed by atoms with E-state index in [0.717, 1.165) is 47.5 Å². The van der Waals surface area contributed by atoms with Crippen molar-refractivity contribution in [1.82, 2.24) is 9.55 Å². The average molecular weight is 294 g/mol. The summed E-state index contributed by atoms with van der Waals surface area (Å²) in [4.78, 5) is 4.50. The number of methoxy groups -OCH3 is 1. The summed E-state index contributed by atoms with van der Waals surface area (Å²) < 4.78 is 7.19. The SMILES string of the molecule is COCCCn1cc(C)nc1Nc1ccc(C)c(Cl)c1. The highest BCUT2D eigenvalue weighted by Gasteiger charge is 2.06. The molecular weight excluding hydrogens is 274 g/mol. The molecule has 1 aromatic heterocycles. The maximum Gasteiger partial charge on any atom is 0.207 e. The molecule has 0 aliphatic carbocycles. The van der Waals surface area contributed by atoms with Gasteiger partial charge in [-0.15, -0.1) is 0 Å². The van der Waals surface area contributed by atoms with Gasteiger partial charge in [0.1, 0.15) is 0 Å². The molecule has 0 unspecified atom stereocenters. The predicted molar refractivity (Wildman–Crippen MR) is 82.9 cm³/mol. The van der Waals surface area contributed by atoms with E-state index in [4.69, 9.17) is 16.3 Å². The van der Waals surface area contributed by atoms with Gasteiger partial charge in [-0.25, -0.2) is 4.98 Å². The van der Waals surface area contributed by atoms with Crippen LogP contribution in [0.4, 0.5) is 11.6 Å². The Bertz CT molecular complexity index is 580. The number of halogens is 1. The molecule has 0 saturated carbocycles. The van der Waals surface area contributed by atoms with Crippen LogP contribution in [0, 0.1) is 13.8 Å². The molecule has 0 saturated heterocycles. The van der Waals surface area contributed by atoms with Crippen LogP contribution in [0.15, 0.2) is 24.4 Å². The first-order valence-corrected chi connectivity index (χ1v) is 7.04. The molecule has 2 rings (SSSR count). The molecule has 0 bridgehead atoms. The molecule has 0 spiro atoms. The normalized spacial score (nSPS) is 10.8. The minimum atomic E-state index is 0.743. The maximum absolute atomic E-state index is 6.14. The summed E-state index contributed by atoms with van der Waals surface area (Å²) in [5, 5.41) is 4.07. The molecule has 0 fully saturated rings. The number of anilines is 2. The molecule has 0 atom stereocenters. The van der Waals surface area contributed by atoms with E-state index in [2.05, 4.69) is 14.9 Å². The Hall–Kier alpha value is -1.52. The minimum absolute atomic E-state index is 0.743. The summed E-state index contributed by atoms with van der Waals surface area (Å²) in [6.45, 7) is 5.59. The number of rotatable bonds is 6. The van der Waals surface area contributed by atoms with Crippen LogP contribution in [-0.2, 0) is 11.3 Å². The van der Waals surface area contributed by atoms with Gasteiger partial charge in [0.25, 0.3) is 0 Å². The van der Waals surface area contributed by atoms with Crippen molar-refractivity contribution < 1.29 is 4.74 Å². The zero-order valence-electron chi connectivity index (χ0n) is 12.1. The number of hydrogen-bond acceptors (Lipinski definition) is 3. The third-order valence-corrected chi connectivity index (χ3v) is 3.48. The molecule has 20 heavy (non-hydrogen) atoms. The van der Waals surface area contributed by atoms with Crippen LogP contribution in [0.3, 0.4) is 0 Å². The van der Waals surface area contributed by atoms with Gasteiger partial charge in [-0.1, -0.05) is 17.7 Å². The van der Waals surface area contributed by atoms with E-state index in [1.54, 1.807) is 7.11 Å². The first kappa shape index (κ1) is 14.9. The van der Waals surface area contributed by atoms with Crippen LogP contribution in [0.1, 0.15) is 17.7 Å². The van der Waals surface area contributed by atoms with E-state index >= 15 is 0 Å². The number of benzene rings is 1. The number of aryl methyl sites for hydroxylation is 3. The van der Waals surface area contributed by atoms with Gasteiger partial charge in [0, 0.05) is 37.2 Å². The number of nitrogens with one attached hydrogen (secondary N) is 1. The minimum Gasteiger partial charge on any atom is -0.385 e. The van der Waals surface area contributed by atoms with Crippen molar-refractivity contribution in [1.29, 1.82) is 0 Å². The van der Waals surface area contributed by atoms with Crippen molar-refractivity contribution in [2.75, 3.05) is 19.0 Å². The number of imidazole rings is 1. The lowest BCUT2D eigenvalue weighted by Gasteiger charge is -2.10. The molecule has 0 amide bonds. The largest absolute Gasteiger partial charge is 0.385 e. The van der Waals surface area contributed by atoms with E-state index in [1.165, 1.54) is 0 Å². The lowest BCUT2D eigenvalue weighted by atomic mass is 10.2. The summed E-state index contributed by atoms with van der Waals surface area (Å²) in [7, 11) is 1.71. The topological polar surface area (TPSA) is 39.1 Å². The van der Waals surface area contributed by atoms with E-state index in [1.807, 2.05) is 38.2 Å². The third kappa shape index (κ3) is 3.74. The molecule has 1 heterocycles. The summed E-state index contributed by atoms with van der Waals surface area (Å²) in [6, 6.07) is 5.92. The zero-order chi connectivity index (χ0) is 14.5. The molecule has 5 heteroatoms. The molecule has 0 aliphatic heterocycles. The quantitative estimate of drug-likeness (QED) is 0.820. The first-order chi connectivity index (χ1) is 9.60. The van der Waals surface area contributed by atoms with Crippen LogP contribution in [0.5, 0.6) is 0 Å².